The molecule has 0 spiro atoms. The van der Waals surface area contributed by atoms with E-state index in [0.29, 0.717) is 5.69 Å². The van der Waals surface area contributed by atoms with Gasteiger partial charge in [0.15, 0.2) is 6.61 Å². The number of carbonyl (C=O) groups excluding carboxylic acids is 3. The first kappa shape index (κ1) is 19.4. The molecule has 0 radical (unpaired) electrons. The number of carbonyl (C=O) groups is 3. The number of aryl methyl sites for hydroxylation is 1. The highest BCUT2D eigenvalue weighted by molar-refractivity contribution is 5.95. The maximum Gasteiger partial charge on any atom is 0.331 e. The van der Waals surface area contributed by atoms with E-state index in [1.54, 1.807) is 6.92 Å². The fraction of sp³-hybridized carbons (Fsp3) is 0.389. The van der Waals surface area contributed by atoms with Gasteiger partial charge in [-0.1, -0.05) is 25.5 Å². The Morgan fingerprint density at radius 1 is 1.00 bits per heavy atom. The van der Waals surface area contributed by atoms with Crippen LogP contribution in [0, 0.1) is 0 Å². The standard InChI is InChI=1S/C18H23NO5/c1-3-5-6-14-7-9-15(10-8-14)19-16(20)13-24-18(22)12-11-17(21)23-4-2/h7-12H,3-6,13H2,1-2H3,(H,19,20)/b12-11+. The summed E-state index contributed by atoms with van der Waals surface area (Å²) in [6.45, 7) is 3.59. The molecule has 0 atom stereocenters. The fourth-order valence-electron chi connectivity index (χ4n) is 1.84. The third-order valence-corrected chi connectivity index (χ3v) is 3.04. The summed E-state index contributed by atoms with van der Waals surface area (Å²) in [5.74, 6) is -1.87. The van der Waals surface area contributed by atoms with Gasteiger partial charge in [-0.2, -0.15) is 0 Å². The van der Waals surface area contributed by atoms with Crippen LogP contribution in [0.1, 0.15) is 32.3 Å². The number of benzene rings is 1. The molecule has 0 heterocycles. The maximum absolute atomic E-state index is 11.7. The molecule has 0 aromatic heterocycles. The molecule has 6 heteroatoms. The van der Waals surface area contributed by atoms with E-state index in [-0.39, 0.29) is 6.61 Å². The van der Waals surface area contributed by atoms with E-state index in [1.165, 1.54) is 5.56 Å². The number of amides is 1. The number of unbranched alkanes of at least 4 members (excludes halogenated alkanes) is 1. The predicted octanol–water partition coefficient (Wildman–Crippen LogP) is 2.63. The van der Waals surface area contributed by atoms with E-state index in [2.05, 4.69) is 17.0 Å². The van der Waals surface area contributed by atoms with Crippen LogP contribution in [0.2, 0.25) is 0 Å². The Labute approximate surface area is 141 Å². The topological polar surface area (TPSA) is 81.7 Å². The molecule has 1 aromatic rings. The van der Waals surface area contributed by atoms with Crippen molar-refractivity contribution in [3.05, 3.63) is 42.0 Å². The minimum atomic E-state index is -0.784. The van der Waals surface area contributed by atoms with Crippen molar-refractivity contribution in [2.75, 3.05) is 18.5 Å². The lowest BCUT2D eigenvalue weighted by Crippen LogP contribution is -2.20. The minimum absolute atomic E-state index is 0.220. The van der Waals surface area contributed by atoms with E-state index in [9.17, 15) is 14.4 Å². The number of hydrogen-bond donors (Lipinski definition) is 1. The second-order valence-corrected chi connectivity index (χ2v) is 5.04. The van der Waals surface area contributed by atoms with Crippen LogP contribution in [0.3, 0.4) is 0 Å². The number of rotatable bonds is 9. The van der Waals surface area contributed by atoms with Gasteiger partial charge >= 0.3 is 11.9 Å². The Morgan fingerprint density at radius 3 is 2.21 bits per heavy atom. The van der Waals surface area contributed by atoms with Crippen LogP contribution in [-0.4, -0.2) is 31.1 Å². The zero-order valence-corrected chi connectivity index (χ0v) is 14.0. The van der Waals surface area contributed by atoms with Gasteiger partial charge in [-0.05, 0) is 37.5 Å². The normalized spacial score (nSPS) is 10.4. The first-order valence-corrected chi connectivity index (χ1v) is 7.95. The third kappa shape index (κ3) is 8.12. The molecule has 0 aliphatic heterocycles. The summed E-state index contributed by atoms with van der Waals surface area (Å²) < 4.78 is 9.35. The van der Waals surface area contributed by atoms with Gasteiger partial charge in [0.25, 0.3) is 5.91 Å². The second kappa shape index (κ2) is 11.0. The summed E-state index contributed by atoms with van der Waals surface area (Å²) >= 11 is 0. The lowest BCUT2D eigenvalue weighted by atomic mass is 10.1. The van der Waals surface area contributed by atoms with Crippen molar-refractivity contribution in [1.29, 1.82) is 0 Å². The molecular formula is C18H23NO5. The zero-order chi connectivity index (χ0) is 17.8. The molecule has 130 valence electrons. The van der Waals surface area contributed by atoms with E-state index in [0.717, 1.165) is 31.4 Å². The Bertz CT molecular complexity index is 578. The molecule has 6 nitrogen and oxygen atoms in total. The monoisotopic (exact) mass is 333 g/mol. The predicted molar refractivity (Wildman–Crippen MR) is 90.4 cm³/mol. The zero-order valence-electron chi connectivity index (χ0n) is 14.0. The van der Waals surface area contributed by atoms with E-state index in [4.69, 9.17) is 4.74 Å². The maximum atomic E-state index is 11.7. The largest absolute Gasteiger partial charge is 0.463 e. The molecular weight excluding hydrogens is 310 g/mol. The molecule has 0 saturated heterocycles. The quantitative estimate of drug-likeness (QED) is 0.555. The van der Waals surface area contributed by atoms with E-state index < -0.39 is 24.5 Å². The Hall–Kier alpha value is -2.63. The number of ether oxygens (including phenoxy) is 2. The summed E-state index contributed by atoms with van der Waals surface area (Å²) in [7, 11) is 0. The van der Waals surface area contributed by atoms with Gasteiger partial charge in [-0.15, -0.1) is 0 Å². The van der Waals surface area contributed by atoms with Crippen molar-refractivity contribution in [1.82, 2.24) is 0 Å². The summed E-state index contributed by atoms with van der Waals surface area (Å²) in [5, 5.41) is 2.63. The average molecular weight is 333 g/mol. The molecule has 0 aliphatic carbocycles. The summed E-state index contributed by atoms with van der Waals surface area (Å²) in [6.07, 6.45) is 5.15. The van der Waals surface area contributed by atoms with Gasteiger partial charge < -0.3 is 14.8 Å². The van der Waals surface area contributed by atoms with Gasteiger partial charge in [-0.3, -0.25) is 4.79 Å². The van der Waals surface area contributed by atoms with Crippen LogP contribution >= 0.6 is 0 Å². The van der Waals surface area contributed by atoms with Crippen LogP contribution in [0.4, 0.5) is 5.69 Å². The Balaban J connectivity index is 2.35. The van der Waals surface area contributed by atoms with Crippen molar-refractivity contribution < 1.29 is 23.9 Å². The first-order valence-electron chi connectivity index (χ1n) is 7.95. The van der Waals surface area contributed by atoms with Crippen molar-refractivity contribution in [3.63, 3.8) is 0 Å². The van der Waals surface area contributed by atoms with Crippen LogP contribution in [0.25, 0.3) is 0 Å². The first-order chi connectivity index (χ1) is 11.5. The number of esters is 2. The molecule has 1 amide bonds. The van der Waals surface area contributed by atoms with Crippen molar-refractivity contribution >= 4 is 23.5 Å². The SMILES string of the molecule is CCCCc1ccc(NC(=O)COC(=O)/C=C/C(=O)OCC)cc1. The molecule has 1 rings (SSSR count). The van der Waals surface area contributed by atoms with Crippen molar-refractivity contribution in [3.8, 4) is 0 Å². The average Bonchev–Trinajstić information content (AvgIpc) is 2.58. The molecule has 1 N–H and O–H groups in total. The van der Waals surface area contributed by atoms with Gasteiger partial charge in [0.1, 0.15) is 0 Å². The highest BCUT2D eigenvalue weighted by Gasteiger charge is 2.06. The third-order valence-electron chi connectivity index (χ3n) is 3.04. The summed E-state index contributed by atoms with van der Waals surface area (Å²) in [4.78, 5) is 34.1. The Kier molecular flexibility index (Phi) is 8.89. The smallest absolute Gasteiger partial charge is 0.331 e. The molecule has 0 unspecified atom stereocenters. The molecule has 0 bridgehead atoms. The number of hydrogen-bond acceptors (Lipinski definition) is 5. The summed E-state index contributed by atoms with van der Waals surface area (Å²) in [6, 6.07) is 7.54. The van der Waals surface area contributed by atoms with Gasteiger partial charge in [-0.25, -0.2) is 9.59 Å². The summed E-state index contributed by atoms with van der Waals surface area (Å²) in [5.41, 5.74) is 1.85. The molecule has 0 saturated carbocycles. The van der Waals surface area contributed by atoms with Crippen LogP contribution in [0.15, 0.2) is 36.4 Å². The molecule has 0 fully saturated rings. The lowest BCUT2D eigenvalue weighted by Gasteiger charge is -2.06. The van der Waals surface area contributed by atoms with Crippen molar-refractivity contribution in [2.24, 2.45) is 0 Å². The number of nitrogens with one attached hydrogen (secondary N) is 1. The highest BCUT2D eigenvalue weighted by Crippen LogP contribution is 2.11. The Morgan fingerprint density at radius 2 is 1.62 bits per heavy atom. The van der Waals surface area contributed by atoms with Crippen LogP contribution < -0.4 is 5.32 Å². The van der Waals surface area contributed by atoms with E-state index >= 15 is 0 Å². The number of anilines is 1. The van der Waals surface area contributed by atoms with E-state index in [1.807, 2.05) is 24.3 Å². The van der Waals surface area contributed by atoms with Gasteiger partial charge in [0.2, 0.25) is 0 Å². The molecule has 0 aliphatic rings. The molecule has 1 aromatic carbocycles. The fourth-order valence-corrected chi connectivity index (χ4v) is 1.84. The second-order valence-electron chi connectivity index (χ2n) is 5.04. The van der Waals surface area contributed by atoms with Gasteiger partial charge in [0.05, 0.1) is 6.61 Å². The van der Waals surface area contributed by atoms with Crippen LogP contribution in [0.5, 0.6) is 0 Å². The van der Waals surface area contributed by atoms with Crippen molar-refractivity contribution in [2.45, 2.75) is 33.1 Å². The lowest BCUT2D eigenvalue weighted by molar-refractivity contribution is -0.143. The van der Waals surface area contributed by atoms with Gasteiger partial charge in [0, 0.05) is 17.8 Å². The molecule has 24 heavy (non-hydrogen) atoms. The highest BCUT2D eigenvalue weighted by atomic mass is 16.5. The minimum Gasteiger partial charge on any atom is -0.463 e. The van der Waals surface area contributed by atoms with Crippen LogP contribution in [-0.2, 0) is 30.3 Å².